The minimum Gasteiger partial charge on any atom is -0.490 e. The molecule has 0 aliphatic heterocycles. The van der Waals surface area contributed by atoms with Gasteiger partial charge >= 0.3 is 5.97 Å². The number of carbonyl (C=O) groups is 1. The molecule has 0 unspecified atom stereocenters. The molecule has 0 amide bonds. The van der Waals surface area contributed by atoms with Crippen molar-refractivity contribution >= 4 is 11.7 Å². The van der Waals surface area contributed by atoms with Gasteiger partial charge in [0.1, 0.15) is 19.0 Å². The molecule has 0 saturated carbocycles. The number of benzene rings is 2. The monoisotopic (exact) mass is 315 g/mol. The summed E-state index contributed by atoms with van der Waals surface area (Å²) in [5.41, 5.74) is 1.16. The third-order valence-electron chi connectivity index (χ3n) is 3.18. The van der Waals surface area contributed by atoms with Crippen LogP contribution in [0.1, 0.15) is 22.8 Å². The van der Waals surface area contributed by atoms with Crippen LogP contribution in [-0.4, -0.2) is 24.1 Å². The Morgan fingerprint density at radius 1 is 1.13 bits per heavy atom. The molecule has 0 aromatic heterocycles. The van der Waals surface area contributed by atoms with Crippen LogP contribution in [0.3, 0.4) is 0 Å². The van der Waals surface area contributed by atoms with Crippen LogP contribution in [0.15, 0.2) is 48.5 Å². The number of nitrogens with zero attached hydrogens (tertiary/aromatic N) is 1. The second-order valence-electron chi connectivity index (χ2n) is 4.79. The van der Waals surface area contributed by atoms with Crippen molar-refractivity contribution in [3.63, 3.8) is 0 Å². The maximum Gasteiger partial charge on any atom is 0.338 e. The zero-order valence-electron chi connectivity index (χ0n) is 12.7. The quantitative estimate of drug-likeness (QED) is 0.339. The number of non-ortho nitro benzene ring substituents is 1. The predicted octanol–water partition coefficient (Wildman–Crippen LogP) is 3.39. The summed E-state index contributed by atoms with van der Waals surface area (Å²) in [5, 5.41) is 10.7. The fourth-order valence-corrected chi connectivity index (χ4v) is 1.98. The van der Waals surface area contributed by atoms with Crippen molar-refractivity contribution in [1.29, 1.82) is 0 Å². The highest BCUT2D eigenvalue weighted by molar-refractivity contribution is 5.90. The molecule has 6 nitrogen and oxygen atoms in total. The van der Waals surface area contributed by atoms with Gasteiger partial charge in [0, 0.05) is 12.1 Å². The SMILES string of the molecule is CCc1cccc(OCCOC(=O)c2cccc([N+](=O)[O-])c2)c1. The Balaban J connectivity index is 1.82. The van der Waals surface area contributed by atoms with Crippen LogP contribution >= 0.6 is 0 Å². The Morgan fingerprint density at radius 3 is 2.65 bits per heavy atom. The summed E-state index contributed by atoms with van der Waals surface area (Å²) in [4.78, 5) is 22.0. The minimum absolute atomic E-state index is 0.0673. The molecular formula is C17H17NO5. The molecule has 0 heterocycles. The molecule has 0 bridgehead atoms. The fraction of sp³-hybridized carbons (Fsp3) is 0.235. The molecule has 0 aliphatic carbocycles. The first kappa shape index (κ1) is 16.5. The lowest BCUT2D eigenvalue weighted by molar-refractivity contribution is -0.384. The van der Waals surface area contributed by atoms with E-state index in [1.165, 1.54) is 24.3 Å². The van der Waals surface area contributed by atoms with E-state index in [9.17, 15) is 14.9 Å². The van der Waals surface area contributed by atoms with Crippen LogP contribution in [0.25, 0.3) is 0 Å². The normalized spacial score (nSPS) is 10.1. The van der Waals surface area contributed by atoms with Gasteiger partial charge in [0.25, 0.3) is 5.69 Å². The Morgan fingerprint density at radius 2 is 1.91 bits per heavy atom. The van der Waals surface area contributed by atoms with Crippen LogP contribution in [0.5, 0.6) is 5.75 Å². The van der Waals surface area contributed by atoms with E-state index in [4.69, 9.17) is 9.47 Å². The van der Waals surface area contributed by atoms with E-state index in [0.717, 1.165) is 17.7 Å². The van der Waals surface area contributed by atoms with Crippen LogP contribution in [0.4, 0.5) is 5.69 Å². The number of hydrogen-bond acceptors (Lipinski definition) is 5. The summed E-state index contributed by atoms with van der Waals surface area (Å²) in [6, 6.07) is 13.1. The summed E-state index contributed by atoms with van der Waals surface area (Å²) in [6.07, 6.45) is 0.916. The first-order chi connectivity index (χ1) is 11.1. The summed E-state index contributed by atoms with van der Waals surface area (Å²) in [6.45, 7) is 2.34. The maximum absolute atomic E-state index is 11.8. The molecule has 6 heteroatoms. The minimum atomic E-state index is -0.611. The number of aryl methyl sites for hydroxylation is 1. The topological polar surface area (TPSA) is 78.7 Å². The number of rotatable bonds is 7. The van der Waals surface area contributed by atoms with Gasteiger partial charge in [-0.1, -0.05) is 25.1 Å². The molecule has 2 rings (SSSR count). The van der Waals surface area contributed by atoms with Gasteiger partial charge in [-0.3, -0.25) is 10.1 Å². The van der Waals surface area contributed by atoms with Crippen LogP contribution in [0, 0.1) is 10.1 Å². The van der Waals surface area contributed by atoms with Crippen LogP contribution < -0.4 is 4.74 Å². The molecule has 0 atom stereocenters. The van der Waals surface area contributed by atoms with Gasteiger partial charge in [0.2, 0.25) is 0 Å². The standard InChI is InChI=1S/C17H17NO5/c1-2-13-5-3-8-16(11-13)22-9-10-23-17(19)14-6-4-7-15(12-14)18(20)21/h3-8,11-12H,2,9-10H2,1H3. The summed E-state index contributed by atoms with van der Waals surface area (Å²) >= 11 is 0. The first-order valence-electron chi connectivity index (χ1n) is 7.23. The van der Waals surface area contributed by atoms with Gasteiger partial charge in [0.15, 0.2) is 0 Å². The maximum atomic E-state index is 11.8. The van der Waals surface area contributed by atoms with Gasteiger partial charge < -0.3 is 9.47 Å². The highest BCUT2D eigenvalue weighted by Crippen LogP contribution is 2.15. The third-order valence-corrected chi connectivity index (χ3v) is 3.18. The van der Waals surface area contributed by atoms with E-state index in [2.05, 4.69) is 6.92 Å². The van der Waals surface area contributed by atoms with Gasteiger partial charge in [-0.15, -0.1) is 0 Å². The van der Waals surface area contributed by atoms with Gasteiger partial charge in [-0.25, -0.2) is 4.79 Å². The van der Waals surface area contributed by atoms with E-state index >= 15 is 0 Å². The molecule has 2 aromatic rings. The molecule has 0 aliphatic rings. The molecule has 0 saturated heterocycles. The van der Waals surface area contributed by atoms with Crippen molar-refractivity contribution in [2.24, 2.45) is 0 Å². The van der Waals surface area contributed by atoms with Crippen molar-refractivity contribution in [2.75, 3.05) is 13.2 Å². The van der Waals surface area contributed by atoms with Crippen LogP contribution in [0.2, 0.25) is 0 Å². The second kappa shape index (κ2) is 7.93. The number of esters is 1. The largest absolute Gasteiger partial charge is 0.490 e. The lowest BCUT2D eigenvalue weighted by atomic mass is 10.2. The number of ether oxygens (including phenoxy) is 2. The van der Waals surface area contributed by atoms with E-state index < -0.39 is 10.9 Å². The Bertz CT molecular complexity index is 699. The summed E-state index contributed by atoms with van der Waals surface area (Å²) in [5.74, 6) is 0.107. The second-order valence-corrected chi connectivity index (χ2v) is 4.79. The summed E-state index contributed by atoms with van der Waals surface area (Å²) in [7, 11) is 0. The lowest BCUT2D eigenvalue weighted by Crippen LogP contribution is -2.12. The fourth-order valence-electron chi connectivity index (χ4n) is 1.98. The predicted molar refractivity (Wildman–Crippen MR) is 84.7 cm³/mol. The number of nitro groups is 1. The van der Waals surface area contributed by atoms with Crippen LogP contribution in [-0.2, 0) is 11.2 Å². The van der Waals surface area contributed by atoms with Crippen molar-refractivity contribution < 1.29 is 19.2 Å². The van der Waals surface area contributed by atoms with Crippen molar-refractivity contribution in [1.82, 2.24) is 0 Å². The zero-order chi connectivity index (χ0) is 16.7. The van der Waals surface area contributed by atoms with Gasteiger partial charge in [-0.2, -0.15) is 0 Å². The number of hydrogen-bond donors (Lipinski definition) is 0. The van der Waals surface area contributed by atoms with Gasteiger partial charge in [-0.05, 0) is 30.2 Å². The Hall–Kier alpha value is -2.89. The Kier molecular flexibility index (Phi) is 5.68. The van der Waals surface area contributed by atoms with Crippen molar-refractivity contribution in [2.45, 2.75) is 13.3 Å². The third kappa shape index (κ3) is 4.81. The average Bonchev–Trinajstić information content (AvgIpc) is 2.58. The molecule has 0 N–H and O–H groups in total. The van der Waals surface area contributed by atoms with E-state index in [0.29, 0.717) is 0 Å². The van der Waals surface area contributed by atoms with Gasteiger partial charge in [0.05, 0.1) is 10.5 Å². The number of nitro benzene ring substituents is 1. The Labute approximate surface area is 133 Å². The molecule has 0 fully saturated rings. The molecule has 2 aromatic carbocycles. The molecule has 0 radical (unpaired) electrons. The lowest BCUT2D eigenvalue weighted by Gasteiger charge is -2.08. The van der Waals surface area contributed by atoms with E-state index in [1.807, 2.05) is 24.3 Å². The molecule has 23 heavy (non-hydrogen) atoms. The highest BCUT2D eigenvalue weighted by Gasteiger charge is 2.12. The first-order valence-corrected chi connectivity index (χ1v) is 7.23. The zero-order valence-corrected chi connectivity index (χ0v) is 12.7. The average molecular weight is 315 g/mol. The van der Waals surface area contributed by atoms with E-state index in [1.54, 1.807) is 0 Å². The van der Waals surface area contributed by atoms with Crippen molar-refractivity contribution in [3.8, 4) is 5.75 Å². The van der Waals surface area contributed by atoms with Crippen molar-refractivity contribution in [3.05, 3.63) is 69.8 Å². The number of carbonyl (C=O) groups excluding carboxylic acids is 1. The molecule has 120 valence electrons. The van der Waals surface area contributed by atoms with E-state index in [-0.39, 0.29) is 24.5 Å². The summed E-state index contributed by atoms with van der Waals surface area (Å²) < 4.78 is 10.6. The smallest absolute Gasteiger partial charge is 0.338 e. The molecule has 0 spiro atoms. The highest BCUT2D eigenvalue weighted by atomic mass is 16.6. The molecular weight excluding hydrogens is 298 g/mol.